The highest BCUT2D eigenvalue weighted by molar-refractivity contribution is 9.10. The molecule has 5 heteroatoms. The number of ether oxygens (including phenoxy) is 1. The summed E-state index contributed by atoms with van der Waals surface area (Å²) in [5, 5.41) is 0.805. The van der Waals surface area contributed by atoms with E-state index < -0.39 is 0 Å². The fourth-order valence-electron chi connectivity index (χ4n) is 2.65. The van der Waals surface area contributed by atoms with Crippen molar-refractivity contribution in [3.05, 3.63) is 62.9 Å². The van der Waals surface area contributed by atoms with Crippen molar-refractivity contribution in [2.75, 3.05) is 7.11 Å². The second kappa shape index (κ2) is 5.91. The first-order valence-corrected chi connectivity index (χ1v) is 8.80. The molecule has 0 amide bonds. The van der Waals surface area contributed by atoms with Crippen LogP contribution in [0.1, 0.15) is 16.0 Å². The Kier molecular flexibility index (Phi) is 3.75. The molecule has 0 unspecified atom stereocenters. The summed E-state index contributed by atoms with van der Waals surface area (Å²) >= 11 is 5.09. The van der Waals surface area contributed by atoms with Gasteiger partial charge in [0.25, 0.3) is 0 Å². The van der Waals surface area contributed by atoms with Crippen LogP contribution in [0.2, 0.25) is 0 Å². The van der Waals surface area contributed by atoms with Gasteiger partial charge in [-0.2, -0.15) is 0 Å². The lowest BCUT2D eigenvalue weighted by Gasteiger charge is -2.03. The normalized spacial score (nSPS) is 12.4. The summed E-state index contributed by atoms with van der Waals surface area (Å²) < 4.78 is 6.36. The van der Waals surface area contributed by atoms with Crippen LogP contribution in [0, 0.1) is 0 Å². The van der Waals surface area contributed by atoms with Gasteiger partial charge in [-0.25, -0.2) is 9.98 Å². The van der Waals surface area contributed by atoms with Crippen molar-refractivity contribution in [2.45, 2.75) is 6.42 Å². The number of aliphatic imine (C=N–C) groups is 1. The third-order valence-corrected chi connectivity index (χ3v) is 5.29. The van der Waals surface area contributed by atoms with Crippen LogP contribution in [-0.2, 0) is 6.42 Å². The van der Waals surface area contributed by atoms with E-state index in [0.717, 1.165) is 33.0 Å². The Hall–Kier alpha value is -1.98. The van der Waals surface area contributed by atoms with Gasteiger partial charge in [0, 0.05) is 27.5 Å². The lowest BCUT2D eigenvalue weighted by molar-refractivity contribution is 0.414. The molecule has 0 N–H and O–H groups in total. The van der Waals surface area contributed by atoms with Crippen LogP contribution in [0.15, 0.2) is 51.9 Å². The SMILES string of the molecule is COc1ccc2c(c1)Cc1sc(N=Cc3ccc(Br)cc3)nc1-2. The number of aromatic nitrogens is 1. The van der Waals surface area contributed by atoms with Gasteiger partial charge in [0.2, 0.25) is 5.13 Å². The average molecular weight is 385 g/mol. The van der Waals surface area contributed by atoms with E-state index in [1.54, 1.807) is 18.4 Å². The number of thiazole rings is 1. The lowest BCUT2D eigenvalue weighted by atomic mass is 10.1. The molecule has 0 saturated heterocycles. The maximum absolute atomic E-state index is 5.29. The largest absolute Gasteiger partial charge is 0.497 e. The molecule has 0 spiro atoms. The maximum atomic E-state index is 5.29. The third-order valence-electron chi connectivity index (χ3n) is 3.80. The quantitative estimate of drug-likeness (QED) is 0.452. The number of nitrogens with zero attached hydrogens (tertiary/aromatic N) is 2. The van der Waals surface area contributed by atoms with Gasteiger partial charge < -0.3 is 4.74 Å². The van der Waals surface area contributed by atoms with E-state index in [-0.39, 0.29) is 0 Å². The summed E-state index contributed by atoms with van der Waals surface area (Å²) in [6, 6.07) is 14.2. The van der Waals surface area contributed by atoms with Gasteiger partial charge in [-0.15, -0.1) is 0 Å². The van der Waals surface area contributed by atoms with Crippen molar-refractivity contribution in [2.24, 2.45) is 4.99 Å². The van der Waals surface area contributed by atoms with Gasteiger partial charge in [-0.1, -0.05) is 39.4 Å². The zero-order valence-corrected chi connectivity index (χ0v) is 14.8. The van der Waals surface area contributed by atoms with E-state index >= 15 is 0 Å². The Morgan fingerprint density at radius 3 is 2.83 bits per heavy atom. The number of benzene rings is 2. The summed E-state index contributed by atoms with van der Waals surface area (Å²) in [4.78, 5) is 10.5. The molecule has 3 aromatic rings. The molecule has 1 aromatic heterocycles. The van der Waals surface area contributed by atoms with Gasteiger partial charge >= 0.3 is 0 Å². The number of methoxy groups -OCH3 is 1. The van der Waals surface area contributed by atoms with Gasteiger partial charge in [0.15, 0.2) is 0 Å². The zero-order valence-electron chi connectivity index (χ0n) is 12.4. The van der Waals surface area contributed by atoms with E-state index in [1.807, 2.05) is 36.5 Å². The summed E-state index contributed by atoms with van der Waals surface area (Å²) in [5.74, 6) is 0.896. The van der Waals surface area contributed by atoms with Crippen LogP contribution >= 0.6 is 27.3 Å². The lowest BCUT2D eigenvalue weighted by Crippen LogP contribution is -1.86. The van der Waals surface area contributed by atoms with Gasteiger partial charge in [0.05, 0.1) is 12.8 Å². The first kappa shape index (κ1) is 14.6. The average Bonchev–Trinajstić information content (AvgIpc) is 3.10. The minimum Gasteiger partial charge on any atom is -0.497 e. The second-order valence-electron chi connectivity index (χ2n) is 5.28. The van der Waals surface area contributed by atoms with Crippen molar-refractivity contribution in [3.8, 4) is 17.0 Å². The molecule has 2 aromatic carbocycles. The molecule has 1 aliphatic carbocycles. The summed E-state index contributed by atoms with van der Waals surface area (Å²) in [7, 11) is 1.69. The van der Waals surface area contributed by atoms with E-state index in [4.69, 9.17) is 9.72 Å². The molecular formula is C18H13BrN2OS. The summed E-state index contributed by atoms with van der Waals surface area (Å²) in [6.45, 7) is 0. The minimum absolute atomic E-state index is 0.805. The molecule has 3 nitrogen and oxygen atoms in total. The van der Waals surface area contributed by atoms with E-state index in [0.29, 0.717) is 0 Å². The Balaban J connectivity index is 1.61. The van der Waals surface area contributed by atoms with Crippen molar-refractivity contribution in [1.29, 1.82) is 0 Å². The van der Waals surface area contributed by atoms with Crippen LogP contribution in [0.4, 0.5) is 5.13 Å². The highest BCUT2D eigenvalue weighted by atomic mass is 79.9. The first-order valence-electron chi connectivity index (χ1n) is 7.19. The molecule has 0 aliphatic heterocycles. The molecular weight excluding hydrogens is 372 g/mol. The number of fused-ring (bicyclic) bond motifs is 3. The van der Waals surface area contributed by atoms with Crippen LogP contribution < -0.4 is 4.74 Å². The molecule has 0 bridgehead atoms. The first-order chi connectivity index (χ1) is 11.2. The van der Waals surface area contributed by atoms with Crippen LogP contribution in [-0.4, -0.2) is 18.3 Å². The fraction of sp³-hybridized carbons (Fsp3) is 0.111. The van der Waals surface area contributed by atoms with E-state index in [9.17, 15) is 0 Å². The molecule has 114 valence electrons. The van der Waals surface area contributed by atoms with Crippen LogP contribution in [0.5, 0.6) is 5.75 Å². The molecule has 1 aliphatic rings. The zero-order chi connectivity index (χ0) is 15.8. The molecule has 0 atom stereocenters. The number of rotatable bonds is 3. The van der Waals surface area contributed by atoms with E-state index in [2.05, 4.69) is 33.1 Å². The Bertz CT molecular complexity index is 900. The standard InChI is InChI=1S/C18H13BrN2OS/c1-22-14-6-7-15-12(8-14)9-16-17(15)21-18(23-16)20-10-11-2-4-13(19)5-3-11/h2-8,10H,9H2,1H3. The molecule has 0 saturated carbocycles. The van der Waals surface area contributed by atoms with Crippen LogP contribution in [0.25, 0.3) is 11.3 Å². The van der Waals surface area contributed by atoms with E-state index in [1.165, 1.54) is 16.0 Å². The Labute approximate surface area is 146 Å². The fourth-order valence-corrected chi connectivity index (χ4v) is 3.86. The minimum atomic E-state index is 0.805. The second-order valence-corrected chi connectivity index (χ2v) is 7.26. The summed E-state index contributed by atoms with van der Waals surface area (Å²) in [6.07, 6.45) is 2.77. The molecule has 23 heavy (non-hydrogen) atoms. The Morgan fingerprint density at radius 1 is 1.22 bits per heavy atom. The monoisotopic (exact) mass is 384 g/mol. The van der Waals surface area contributed by atoms with Crippen LogP contribution in [0.3, 0.4) is 0 Å². The Morgan fingerprint density at radius 2 is 2.04 bits per heavy atom. The highest BCUT2D eigenvalue weighted by Gasteiger charge is 2.23. The number of halogens is 1. The number of hydrogen-bond acceptors (Lipinski definition) is 4. The molecule has 0 fully saturated rings. The predicted molar refractivity (Wildman–Crippen MR) is 98.3 cm³/mol. The summed E-state index contributed by atoms with van der Waals surface area (Å²) in [5.41, 5.74) is 4.60. The molecule has 0 radical (unpaired) electrons. The topological polar surface area (TPSA) is 34.5 Å². The third kappa shape index (κ3) is 2.82. The number of hydrogen-bond donors (Lipinski definition) is 0. The van der Waals surface area contributed by atoms with Crippen molar-refractivity contribution >= 4 is 38.6 Å². The van der Waals surface area contributed by atoms with Crippen molar-refractivity contribution in [3.63, 3.8) is 0 Å². The van der Waals surface area contributed by atoms with Crippen molar-refractivity contribution < 1.29 is 4.74 Å². The van der Waals surface area contributed by atoms with Gasteiger partial charge in [-0.3, -0.25) is 0 Å². The van der Waals surface area contributed by atoms with Gasteiger partial charge in [0.1, 0.15) is 5.75 Å². The molecule has 1 heterocycles. The van der Waals surface area contributed by atoms with Crippen molar-refractivity contribution in [1.82, 2.24) is 4.98 Å². The predicted octanol–water partition coefficient (Wildman–Crippen LogP) is 5.24. The molecule has 4 rings (SSSR count). The maximum Gasteiger partial charge on any atom is 0.209 e. The van der Waals surface area contributed by atoms with Gasteiger partial charge in [-0.05, 0) is 41.5 Å². The highest BCUT2D eigenvalue weighted by Crippen LogP contribution is 2.42. The smallest absolute Gasteiger partial charge is 0.209 e.